The van der Waals surface area contributed by atoms with E-state index in [0.29, 0.717) is 16.8 Å². The number of carbonyl (C=O) groups excluding carboxylic acids is 3. The van der Waals surface area contributed by atoms with Crippen molar-refractivity contribution in [3.05, 3.63) is 59.7 Å². The number of aromatic hydroxyl groups is 1. The van der Waals surface area contributed by atoms with Gasteiger partial charge in [-0.05, 0) is 43.3 Å². The number of phenolic OH excluding ortho intramolecular Hbond substituents is 1. The van der Waals surface area contributed by atoms with E-state index in [1.54, 1.807) is 25.1 Å². The Morgan fingerprint density at radius 2 is 1.77 bits per heavy atom. The third-order valence-corrected chi connectivity index (χ3v) is 3.17. The Morgan fingerprint density at radius 3 is 2.42 bits per heavy atom. The van der Waals surface area contributed by atoms with Gasteiger partial charge in [0.05, 0.1) is 18.4 Å². The van der Waals surface area contributed by atoms with E-state index >= 15 is 0 Å². The van der Waals surface area contributed by atoms with Crippen LogP contribution in [0, 0.1) is 0 Å². The van der Waals surface area contributed by atoms with Crippen LogP contribution in [0.2, 0.25) is 0 Å². The second-order valence-electron chi connectivity index (χ2n) is 5.01. The first-order chi connectivity index (χ1) is 12.5. The van der Waals surface area contributed by atoms with Crippen LogP contribution in [-0.2, 0) is 14.3 Å². The fraction of sp³-hybridized carbons (Fsp3) is 0.111. The summed E-state index contributed by atoms with van der Waals surface area (Å²) in [7, 11) is 0. The van der Waals surface area contributed by atoms with Crippen molar-refractivity contribution >= 4 is 29.7 Å². The summed E-state index contributed by atoms with van der Waals surface area (Å²) in [4.78, 5) is 35.1. The van der Waals surface area contributed by atoms with Crippen LogP contribution in [0.5, 0.6) is 5.75 Å². The van der Waals surface area contributed by atoms with Crippen molar-refractivity contribution in [1.29, 1.82) is 0 Å². The molecule has 26 heavy (non-hydrogen) atoms. The van der Waals surface area contributed by atoms with Crippen LogP contribution in [0.3, 0.4) is 0 Å². The third-order valence-electron chi connectivity index (χ3n) is 3.17. The number of carbonyl (C=O) groups is 3. The van der Waals surface area contributed by atoms with E-state index in [-0.39, 0.29) is 12.4 Å². The lowest BCUT2D eigenvalue weighted by molar-refractivity contribution is -0.136. The number of hydrogen-bond donors (Lipinski definition) is 3. The van der Waals surface area contributed by atoms with Gasteiger partial charge in [0.1, 0.15) is 5.75 Å². The summed E-state index contributed by atoms with van der Waals surface area (Å²) in [5.74, 6) is -2.38. The quantitative estimate of drug-likeness (QED) is 0.326. The van der Waals surface area contributed by atoms with Gasteiger partial charge in [-0.1, -0.05) is 12.1 Å². The summed E-state index contributed by atoms with van der Waals surface area (Å²) < 4.78 is 4.85. The number of phenols is 1. The largest absolute Gasteiger partial charge is 0.507 e. The number of ether oxygens (including phenoxy) is 1. The molecule has 0 aliphatic rings. The van der Waals surface area contributed by atoms with Gasteiger partial charge in [-0.15, -0.1) is 0 Å². The zero-order chi connectivity index (χ0) is 18.9. The van der Waals surface area contributed by atoms with Crippen LogP contribution in [0.25, 0.3) is 0 Å². The highest BCUT2D eigenvalue weighted by Crippen LogP contribution is 2.12. The molecule has 0 aliphatic carbocycles. The molecule has 0 heterocycles. The molecule has 0 aromatic heterocycles. The van der Waals surface area contributed by atoms with Crippen molar-refractivity contribution in [2.45, 2.75) is 6.92 Å². The molecular formula is C18H17N3O5. The SMILES string of the molecule is CCOC(=O)c1ccc(NC(=O)C(=O)N/N=C\c2ccccc2O)cc1. The van der Waals surface area contributed by atoms with Crippen molar-refractivity contribution in [2.75, 3.05) is 11.9 Å². The molecule has 0 fully saturated rings. The summed E-state index contributed by atoms with van der Waals surface area (Å²) in [6.45, 7) is 1.96. The molecule has 8 nitrogen and oxygen atoms in total. The molecular weight excluding hydrogens is 338 g/mol. The van der Waals surface area contributed by atoms with Gasteiger partial charge in [0, 0.05) is 11.3 Å². The topological polar surface area (TPSA) is 117 Å². The molecule has 0 bridgehead atoms. The van der Waals surface area contributed by atoms with E-state index in [1.807, 2.05) is 0 Å². The summed E-state index contributed by atoms with van der Waals surface area (Å²) in [6, 6.07) is 12.3. The van der Waals surface area contributed by atoms with Gasteiger partial charge in [0.15, 0.2) is 0 Å². The number of hydrogen-bond acceptors (Lipinski definition) is 6. The average molecular weight is 355 g/mol. The first kappa shape index (κ1) is 18.7. The molecule has 0 radical (unpaired) electrons. The molecule has 0 saturated carbocycles. The van der Waals surface area contributed by atoms with Crippen molar-refractivity contribution in [2.24, 2.45) is 5.10 Å². The highest BCUT2D eigenvalue weighted by atomic mass is 16.5. The summed E-state index contributed by atoms with van der Waals surface area (Å²) in [5, 5.41) is 15.5. The van der Waals surface area contributed by atoms with E-state index < -0.39 is 17.8 Å². The minimum atomic E-state index is -0.980. The minimum absolute atomic E-state index is 0.00311. The van der Waals surface area contributed by atoms with Gasteiger partial charge < -0.3 is 15.2 Å². The molecule has 2 aromatic carbocycles. The van der Waals surface area contributed by atoms with E-state index in [0.717, 1.165) is 0 Å². The van der Waals surface area contributed by atoms with E-state index in [4.69, 9.17) is 4.74 Å². The Balaban J connectivity index is 1.89. The molecule has 134 valence electrons. The average Bonchev–Trinajstić information content (AvgIpc) is 2.64. The van der Waals surface area contributed by atoms with Crippen molar-refractivity contribution < 1.29 is 24.2 Å². The number of benzene rings is 2. The predicted octanol–water partition coefficient (Wildman–Crippen LogP) is 1.66. The second-order valence-corrected chi connectivity index (χ2v) is 5.01. The molecule has 2 rings (SSSR count). The molecule has 2 amide bonds. The summed E-state index contributed by atoms with van der Waals surface area (Å²) in [5.41, 5.74) is 3.12. The highest BCUT2D eigenvalue weighted by Gasteiger charge is 2.13. The summed E-state index contributed by atoms with van der Waals surface area (Å²) >= 11 is 0. The van der Waals surface area contributed by atoms with Crippen LogP contribution in [0.15, 0.2) is 53.6 Å². The second kappa shape index (κ2) is 8.97. The number of amides is 2. The Hall–Kier alpha value is -3.68. The molecule has 2 aromatic rings. The summed E-state index contributed by atoms with van der Waals surface area (Å²) in [6.07, 6.45) is 1.22. The Labute approximate surface area is 149 Å². The fourth-order valence-corrected chi connectivity index (χ4v) is 1.90. The monoisotopic (exact) mass is 355 g/mol. The van der Waals surface area contributed by atoms with Gasteiger partial charge in [-0.2, -0.15) is 5.10 Å². The van der Waals surface area contributed by atoms with Crippen LogP contribution in [0.1, 0.15) is 22.8 Å². The predicted molar refractivity (Wildman–Crippen MR) is 94.9 cm³/mol. The number of para-hydroxylation sites is 1. The molecule has 0 atom stereocenters. The third kappa shape index (κ3) is 5.17. The Bertz CT molecular complexity index is 831. The number of nitrogens with one attached hydrogen (secondary N) is 2. The maximum absolute atomic E-state index is 11.8. The smallest absolute Gasteiger partial charge is 0.338 e. The van der Waals surface area contributed by atoms with Gasteiger partial charge in [-0.25, -0.2) is 10.2 Å². The normalized spacial score (nSPS) is 10.3. The molecule has 3 N–H and O–H groups in total. The lowest BCUT2D eigenvalue weighted by Gasteiger charge is -2.05. The molecule has 0 saturated heterocycles. The number of anilines is 1. The fourth-order valence-electron chi connectivity index (χ4n) is 1.90. The lowest BCUT2D eigenvalue weighted by Crippen LogP contribution is -2.32. The van der Waals surface area contributed by atoms with Crippen LogP contribution in [0.4, 0.5) is 5.69 Å². The van der Waals surface area contributed by atoms with Crippen molar-refractivity contribution in [3.63, 3.8) is 0 Å². The maximum atomic E-state index is 11.8. The van der Waals surface area contributed by atoms with Crippen LogP contribution >= 0.6 is 0 Å². The van der Waals surface area contributed by atoms with E-state index in [9.17, 15) is 19.5 Å². The minimum Gasteiger partial charge on any atom is -0.507 e. The molecule has 0 aliphatic heterocycles. The maximum Gasteiger partial charge on any atom is 0.338 e. The number of rotatable bonds is 5. The van der Waals surface area contributed by atoms with Crippen molar-refractivity contribution in [3.8, 4) is 5.75 Å². The standard InChI is InChI=1S/C18H17N3O5/c1-2-26-18(25)12-7-9-14(10-8-12)20-16(23)17(24)21-19-11-13-5-3-4-6-15(13)22/h3-11,22H,2H2,1H3,(H,20,23)(H,21,24)/b19-11-. The zero-order valence-electron chi connectivity index (χ0n) is 13.9. The van der Waals surface area contributed by atoms with E-state index in [2.05, 4.69) is 15.8 Å². The van der Waals surface area contributed by atoms with Gasteiger partial charge in [-0.3, -0.25) is 9.59 Å². The Kier molecular flexibility index (Phi) is 6.44. The number of hydrazone groups is 1. The van der Waals surface area contributed by atoms with Gasteiger partial charge in [0.2, 0.25) is 0 Å². The Morgan fingerprint density at radius 1 is 1.08 bits per heavy atom. The molecule has 8 heteroatoms. The highest BCUT2D eigenvalue weighted by molar-refractivity contribution is 6.39. The van der Waals surface area contributed by atoms with Gasteiger partial charge >= 0.3 is 17.8 Å². The first-order valence-corrected chi connectivity index (χ1v) is 7.71. The van der Waals surface area contributed by atoms with Crippen LogP contribution < -0.4 is 10.7 Å². The number of nitrogens with zero attached hydrogens (tertiary/aromatic N) is 1. The molecule has 0 spiro atoms. The van der Waals surface area contributed by atoms with Crippen LogP contribution in [-0.4, -0.2) is 35.7 Å². The number of esters is 1. The molecule has 0 unspecified atom stereocenters. The zero-order valence-corrected chi connectivity index (χ0v) is 13.9. The van der Waals surface area contributed by atoms with Crippen molar-refractivity contribution in [1.82, 2.24) is 5.43 Å². The lowest BCUT2D eigenvalue weighted by atomic mass is 10.2. The van der Waals surface area contributed by atoms with Gasteiger partial charge in [0.25, 0.3) is 0 Å². The first-order valence-electron chi connectivity index (χ1n) is 7.71. The van der Waals surface area contributed by atoms with E-state index in [1.165, 1.54) is 36.5 Å².